The summed E-state index contributed by atoms with van der Waals surface area (Å²) in [6, 6.07) is 0. The van der Waals surface area contributed by atoms with Gasteiger partial charge in [0.1, 0.15) is 6.23 Å². The predicted molar refractivity (Wildman–Crippen MR) is 114 cm³/mol. The normalized spacial score (nSPS) is 22.6. The Morgan fingerprint density at radius 2 is 2.03 bits per heavy atom. The Hall–Kier alpha value is -1.25. The third-order valence-electron chi connectivity index (χ3n) is 4.70. The molecule has 0 saturated carbocycles. The quantitative estimate of drug-likeness (QED) is 0.198. The van der Waals surface area contributed by atoms with Crippen molar-refractivity contribution < 1.29 is 32.7 Å². The van der Waals surface area contributed by atoms with Gasteiger partial charge in [0.2, 0.25) is 6.41 Å². The zero-order chi connectivity index (χ0) is 22.8. The Kier molecular flexibility index (Phi) is 11.2. The molecule has 0 aromatic rings. The second-order valence-electron chi connectivity index (χ2n) is 8.78. The van der Waals surface area contributed by atoms with E-state index in [9.17, 15) is 14.2 Å². The van der Waals surface area contributed by atoms with Gasteiger partial charge < -0.3 is 18.9 Å². The lowest BCUT2D eigenvalue weighted by molar-refractivity contribution is -0.121. The molecule has 1 N–H and O–H groups in total. The molecular weight excluding hydrogens is 411 g/mol. The molecule has 0 spiro atoms. The molecule has 0 aliphatic carbocycles. The van der Waals surface area contributed by atoms with Crippen molar-refractivity contribution in [3.8, 4) is 0 Å². The van der Waals surface area contributed by atoms with Gasteiger partial charge in [-0.1, -0.05) is 27.7 Å². The summed E-state index contributed by atoms with van der Waals surface area (Å²) in [5.41, 5.74) is -0.125. The van der Waals surface area contributed by atoms with Crippen LogP contribution < -0.4 is 5.32 Å². The lowest BCUT2D eigenvalue weighted by Gasteiger charge is -2.27. The summed E-state index contributed by atoms with van der Waals surface area (Å²) in [7, 11) is 0.0336. The first-order valence-electron chi connectivity index (χ1n) is 10.2. The minimum absolute atomic E-state index is 0.00754. The van der Waals surface area contributed by atoms with Crippen LogP contribution in [0.15, 0.2) is 12.3 Å². The monoisotopic (exact) mass is 448 g/mol. The maximum absolute atomic E-state index is 13.1. The van der Waals surface area contributed by atoms with Crippen molar-refractivity contribution in [2.75, 3.05) is 33.7 Å². The first kappa shape index (κ1) is 26.8. The van der Waals surface area contributed by atoms with Crippen molar-refractivity contribution in [1.29, 1.82) is 0 Å². The summed E-state index contributed by atoms with van der Waals surface area (Å²) in [6.07, 6.45) is 5.65. The van der Waals surface area contributed by atoms with Gasteiger partial charge in [-0.2, -0.15) is 0 Å². The fraction of sp³-hybridized carbons (Fsp3) is 0.800. The lowest BCUT2D eigenvalue weighted by atomic mass is 9.99. The third-order valence-corrected chi connectivity index (χ3v) is 6.53. The molecule has 1 rings (SSSR count). The van der Waals surface area contributed by atoms with Crippen molar-refractivity contribution in [2.24, 2.45) is 11.3 Å². The van der Waals surface area contributed by atoms with Crippen molar-refractivity contribution >= 4 is 19.9 Å². The Balaban J connectivity index is 2.56. The van der Waals surface area contributed by atoms with Crippen LogP contribution in [0.3, 0.4) is 0 Å². The molecule has 30 heavy (non-hydrogen) atoms. The number of carbonyl (C=O) groups is 2. The number of hydrogen-bond donors (Lipinski definition) is 1. The average Bonchev–Trinajstić information content (AvgIpc) is 3.17. The van der Waals surface area contributed by atoms with Gasteiger partial charge in [-0.25, -0.2) is 0 Å². The zero-order valence-corrected chi connectivity index (χ0v) is 19.9. The molecule has 1 fully saturated rings. The summed E-state index contributed by atoms with van der Waals surface area (Å²) in [5.74, 6) is -0.328. The van der Waals surface area contributed by atoms with Crippen LogP contribution in [0.5, 0.6) is 0 Å². The Morgan fingerprint density at radius 3 is 2.63 bits per heavy atom. The molecule has 1 heterocycles. The fourth-order valence-corrected chi connectivity index (χ4v) is 4.80. The summed E-state index contributed by atoms with van der Waals surface area (Å²) in [6.45, 7) is 8.35. The Bertz CT molecular complexity index is 621. The van der Waals surface area contributed by atoms with Gasteiger partial charge in [-0.15, -0.1) is 0 Å². The van der Waals surface area contributed by atoms with Crippen molar-refractivity contribution in [3.63, 3.8) is 0 Å². The van der Waals surface area contributed by atoms with Gasteiger partial charge in [-0.05, 0) is 30.6 Å². The van der Waals surface area contributed by atoms with Gasteiger partial charge in [0, 0.05) is 26.4 Å². The maximum atomic E-state index is 13.1. The number of ether oxygens (including phenoxy) is 2. The van der Waals surface area contributed by atoms with Crippen molar-refractivity contribution in [2.45, 2.75) is 59.3 Å². The SMILES string of the molecule is COCOP(=O)(CCC(C)C1CCC(N(C)/C=C\C(=O)NC=O)O1)OCC(C)(C)C. The first-order chi connectivity index (χ1) is 14.0. The standard InChI is InChI=1S/C20H37N2O7P/c1-16(10-12-30(25,28-15-26-6)27-13-20(2,3)4)17-7-8-19(29-17)22(5)11-9-18(24)21-14-23/h9,11,14,16-17,19H,7-8,10,12-13,15H2,1-6H3,(H,21,23,24)/b11-9-. The van der Waals surface area contributed by atoms with E-state index in [1.165, 1.54) is 13.2 Å². The number of amides is 2. The van der Waals surface area contributed by atoms with Crippen LogP contribution in [-0.4, -0.2) is 63.3 Å². The van der Waals surface area contributed by atoms with Crippen LogP contribution in [0.4, 0.5) is 0 Å². The smallest absolute Gasteiger partial charge is 0.332 e. The second-order valence-corrected chi connectivity index (χ2v) is 11.0. The van der Waals surface area contributed by atoms with Gasteiger partial charge >= 0.3 is 7.60 Å². The third kappa shape index (κ3) is 10.2. The number of rotatable bonds is 13. The summed E-state index contributed by atoms with van der Waals surface area (Å²) >= 11 is 0. The van der Waals surface area contributed by atoms with Gasteiger partial charge in [0.05, 0.1) is 18.9 Å². The van der Waals surface area contributed by atoms with Crippen LogP contribution in [0.2, 0.25) is 0 Å². The largest absolute Gasteiger partial charge is 0.358 e. The highest BCUT2D eigenvalue weighted by atomic mass is 31.2. The number of carbonyl (C=O) groups excluding carboxylic acids is 2. The Morgan fingerprint density at radius 1 is 1.33 bits per heavy atom. The van der Waals surface area contributed by atoms with Crippen LogP contribution >= 0.6 is 7.60 Å². The number of imide groups is 1. The van der Waals surface area contributed by atoms with E-state index in [-0.39, 0.29) is 30.5 Å². The van der Waals surface area contributed by atoms with Crippen LogP contribution in [0.25, 0.3) is 0 Å². The molecule has 4 unspecified atom stereocenters. The van der Waals surface area contributed by atoms with E-state index >= 15 is 0 Å². The maximum Gasteiger partial charge on any atom is 0.332 e. The second kappa shape index (κ2) is 12.6. The van der Waals surface area contributed by atoms with E-state index in [0.29, 0.717) is 25.6 Å². The van der Waals surface area contributed by atoms with Crippen LogP contribution in [0.1, 0.15) is 47.0 Å². The fourth-order valence-electron chi connectivity index (χ4n) is 2.89. The molecular formula is C20H37N2O7P. The van der Waals surface area contributed by atoms with Gasteiger partial charge in [0.15, 0.2) is 6.79 Å². The van der Waals surface area contributed by atoms with E-state index in [2.05, 4.69) is 12.2 Å². The molecule has 0 aromatic carbocycles. The highest BCUT2D eigenvalue weighted by Gasteiger charge is 2.34. The minimum Gasteiger partial charge on any atom is -0.358 e. The molecule has 174 valence electrons. The summed E-state index contributed by atoms with van der Waals surface area (Å²) in [4.78, 5) is 23.4. The summed E-state index contributed by atoms with van der Waals surface area (Å²) in [5, 5.41) is 2.05. The molecule has 1 aliphatic heterocycles. The molecule has 1 saturated heterocycles. The summed E-state index contributed by atoms with van der Waals surface area (Å²) < 4.78 is 35.2. The average molecular weight is 448 g/mol. The highest BCUT2D eigenvalue weighted by molar-refractivity contribution is 7.53. The van der Waals surface area contributed by atoms with E-state index in [4.69, 9.17) is 18.5 Å². The predicted octanol–water partition coefficient (Wildman–Crippen LogP) is 3.11. The van der Waals surface area contributed by atoms with Crippen molar-refractivity contribution in [3.05, 3.63) is 12.3 Å². The molecule has 0 aromatic heterocycles. The molecule has 2 amide bonds. The molecule has 1 aliphatic rings. The number of methoxy groups -OCH3 is 1. The van der Waals surface area contributed by atoms with Crippen LogP contribution in [-0.2, 0) is 32.7 Å². The van der Waals surface area contributed by atoms with Gasteiger partial charge in [0.25, 0.3) is 5.91 Å². The first-order valence-corrected chi connectivity index (χ1v) is 11.9. The minimum atomic E-state index is -3.26. The number of nitrogens with one attached hydrogen (secondary N) is 1. The number of nitrogens with zero attached hydrogens (tertiary/aromatic N) is 1. The van der Waals surface area contributed by atoms with Crippen LogP contribution in [0, 0.1) is 11.3 Å². The molecule has 0 bridgehead atoms. The highest BCUT2D eigenvalue weighted by Crippen LogP contribution is 2.50. The number of hydrogen-bond acceptors (Lipinski definition) is 8. The van der Waals surface area contributed by atoms with E-state index in [1.54, 1.807) is 11.1 Å². The topological polar surface area (TPSA) is 103 Å². The lowest BCUT2D eigenvalue weighted by Crippen LogP contribution is -2.29. The van der Waals surface area contributed by atoms with E-state index < -0.39 is 13.5 Å². The van der Waals surface area contributed by atoms with Crippen molar-refractivity contribution in [1.82, 2.24) is 10.2 Å². The molecule has 9 nitrogen and oxygen atoms in total. The zero-order valence-electron chi connectivity index (χ0n) is 19.0. The van der Waals surface area contributed by atoms with Gasteiger partial charge in [-0.3, -0.25) is 24.0 Å². The van der Waals surface area contributed by atoms with E-state index in [0.717, 1.165) is 12.8 Å². The molecule has 0 radical (unpaired) electrons. The molecule has 10 heteroatoms. The van der Waals surface area contributed by atoms with E-state index in [1.807, 2.05) is 27.8 Å². The Labute approximate surface area is 180 Å². The molecule has 4 atom stereocenters.